The minimum Gasteiger partial charge on any atom is -0.496 e. The molecule has 1 aromatic rings. The number of ether oxygens (including phenoxy) is 2. The lowest BCUT2D eigenvalue weighted by Gasteiger charge is -2.12. The van der Waals surface area contributed by atoms with E-state index < -0.39 is 5.97 Å². The first-order valence-corrected chi connectivity index (χ1v) is 11.2. The lowest BCUT2D eigenvalue weighted by molar-refractivity contribution is 0.0688. The van der Waals surface area contributed by atoms with Crippen LogP contribution in [0.3, 0.4) is 0 Å². The number of benzene rings is 1. The molecule has 0 bridgehead atoms. The number of carboxylic acids is 1. The second-order valence-corrected chi connectivity index (χ2v) is 7.58. The van der Waals surface area contributed by atoms with Crippen LogP contribution in [-0.4, -0.2) is 24.8 Å². The maximum Gasteiger partial charge on any atom is 0.343 e. The summed E-state index contributed by atoms with van der Waals surface area (Å²) in [5.74, 6) is -0.291. The van der Waals surface area contributed by atoms with Crippen molar-refractivity contribution in [1.29, 1.82) is 0 Å². The first-order chi connectivity index (χ1) is 13.7. The minimum atomic E-state index is -1.02. The molecule has 0 amide bonds. The summed E-state index contributed by atoms with van der Waals surface area (Å²) in [6.07, 6.45) is 18.4. The van der Waals surface area contributed by atoms with Gasteiger partial charge in [-0.2, -0.15) is 0 Å². The Morgan fingerprint density at radius 1 is 0.786 bits per heavy atom. The van der Waals surface area contributed by atoms with Crippen LogP contribution >= 0.6 is 0 Å². The molecule has 4 nitrogen and oxygen atoms in total. The lowest BCUT2D eigenvalue weighted by Crippen LogP contribution is -2.06. The van der Waals surface area contributed by atoms with Gasteiger partial charge in [-0.25, -0.2) is 4.79 Å². The van der Waals surface area contributed by atoms with Crippen LogP contribution in [0.4, 0.5) is 0 Å². The van der Waals surface area contributed by atoms with Crippen molar-refractivity contribution >= 4 is 5.97 Å². The molecule has 160 valence electrons. The van der Waals surface area contributed by atoms with Crippen LogP contribution in [0.5, 0.6) is 11.5 Å². The number of aromatic carboxylic acids is 1. The zero-order chi connectivity index (χ0) is 20.5. The highest BCUT2D eigenvalue weighted by Crippen LogP contribution is 2.28. The molecule has 0 heterocycles. The molecule has 0 aliphatic heterocycles. The minimum absolute atomic E-state index is 0.107. The fourth-order valence-electron chi connectivity index (χ4n) is 3.49. The zero-order valence-corrected chi connectivity index (χ0v) is 18.0. The van der Waals surface area contributed by atoms with Crippen LogP contribution in [-0.2, 0) is 0 Å². The molecule has 0 fully saturated rings. The van der Waals surface area contributed by atoms with Crippen LogP contribution in [0.2, 0.25) is 0 Å². The van der Waals surface area contributed by atoms with Crippen molar-refractivity contribution in [2.75, 3.05) is 13.7 Å². The number of unbranched alkanes of at least 4 members (excludes halogenated alkanes) is 13. The molecule has 1 N–H and O–H groups in total. The quantitative estimate of drug-likeness (QED) is 0.267. The molecule has 0 aliphatic rings. The smallest absolute Gasteiger partial charge is 0.343 e. The monoisotopic (exact) mass is 392 g/mol. The second kappa shape index (κ2) is 16.3. The summed E-state index contributed by atoms with van der Waals surface area (Å²) >= 11 is 0. The number of methoxy groups -OCH3 is 1. The van der Waals surface area contributed by atoms with E-state index in [9.17, 15) is 9.90 Å². The van der Waals surface area contributed by atoms with Crippen molar-refractivity contribution in [3.8, 4) is 11.5 Å². The van der Waals surface area contributed by atoms with Crippen molar-refractivity contribution in [3.63, 3.8) is 0 Å². The van der Waals surface area contributed by atoms with Gasteiger partial charge in [0.2, 0.25) is 0 Å². The highest BCUT2D eigenvalue weighted by molar-refractivity contribution is 5.94. The first-order valence-electron chi connectivity index (χ1n) is 11.2. The third kappa shape index (κ3) is 10.6. The van der Waals surface area contributed by atoms with E-state index in [0.29, 0.717) is 18.1 Å². The van der Waals surface area contributed by atoms with Gasteiger partial charge < -0.3 is 14.6 Å². The molecule has 0 saturated heterocycles. The van der Waals surface area contributed by atoms with E-state index in [-0.39, 0.29) is 5.56 Å². The highest BCUT2D eigenvalue weighted by Gasteiger charge is 2.17. The fraction of sp³-hybridized carbons (Fsp3) is 0.708. The standard InChI is InChI=1S/C24H40O4/c1-3-4-5-6-7-8-9-10-11-12-13-14-15-16-20-28-22-19-17-18-21(27-2)23(22)24(25)26/h17-19H,3-16,20H2,1-2H3,(H,25,26). The van der Waals surface area contributed by atoms with Gasteiger partial charge in [-0.1, -0.05) is 96.5 Å². The Kier molecular flexibility index (Phi) is 14.1. The average molecular weight is 393 g/mol. The van der Waals surface area contributed by atoms with Gasteiger partial charge in [0.25, 0.3) is 0 Å². The van der Waals surface area contributed by atoms with Gasteiger partial charge >= 0.3 is 5.97 Å². The Morgan fingerprint density at radius 2 is 1.25 bits per heavy atom. The van der Waals surface area contributed by atoms with Gasteiger partial charge in [0.15, 0.2) is 0 Å². The topological polar surface area (TPSA) is 55.8 Å². The molecule has 0 spiro atoms. The van der Waals surface area contributed by atoms with Gasteiger partial charge in [-0.15, -0.1) is 0 Å². The molecular weight excluding hydrogens is 352 g/mol. The molecule has 0 unspecified atom stereocenters. The number of hydrogen-bond donors (Lipinski definition) is 1. The third-order valence-electron chi connectivity index (χ3n) is 5.18. The van der Waals surface area contributed by atoms with Gasteiger partial charge in [-0.05, 0) is 18.6 Å². The molecule has 0 saturated carbocycles. The molecule has 1 aromatic carbocycles. The SMILES string of the molecule is CCCCCCCCCCCCCCCCOc1cccc(OC)c1C(=O)O. The summed E-state index contributed by atoms with van der Waals surface area (Å²) in [5.41, 5.74) is 0.107. The maximum absolute atomic E-state index is 11.4. The molecule has 0 atom stereocenters. The molecular formula is C24H40O4. The van der Waals surface area contributed by atoms with Crippen LogP contribution in [0.15, 0.2) is 18.2 Å². The van der Waals surface area contributed by atoms with Crippen molar-refractivity contribution in [2.45, 2.75) is 96.8 Å². The predicted molar refractivity (Wildman–Crippen MR) is 116 cm³/mol. The largest absolute Gasteiger partial charge is 0.496 e. The average Bonchev–Trinajstić information content (AvgIpc) is 2.70. The summed E-state index contributed by atoms with van der Waals surface area (Å²) in [6.45, 7) is 2.81. The van der Waals surface area contributed by atoms with Gasteiger partial charge in [0, 0.05) is 0 Å². The Bertz CT molecular complexity index is 527. The van der Waals surface area contributed by atoms with E-state index in [1.165, 1.54) is 84.2 Å². The van der Waals surface area contributed by atoms with Crippen LogP contribution < -0.4 is 9.47 Å². The molecule has 0 aliphatic carbocycles. The van der Waals surface area contributed by atoms with Gasteiger partial charge in [-0.3, -0.25) is 0 Å². The molecule has 0 radical (unpaired) electrons. The molecule has 4 heteroatoms. The lowest BCUT2D eigenvalue weighted by atomic mass is 10.0. The van der Waals surface area contributed by atoms with E-state index in [1.54, 1.807) is 18.2 Å². The number of carbonyl (C=O) groups is 1. The van der Waals surface area contributed by atoms with E-state index in [1.807, 2.05) is 0 Å². The summed E-state index contributed by atoms with van der Waals surface area (Å²) in [5, 5.41) is 9.34. The first kappa shape index (κ1) is 24.3. The van der Waals surface area contributed by atoms with E-state index in [0.717, 1.165) is 12.8 Å². The Morgan fingerprint density at radius 3 is 1.71 bits per heavy atom. The summed E-state index contributed by atoms with van der Waals surface area (Å²) in [4.78, 5) is 11.4. The molecule has 0 aromatic heterocycles. The van der Waals surface area contributed by atoms with E-state index in [4.69, 9.17) is 9.47 Å². The van der Waals surface area contributed by atoms with Crippen molar-refractivity contribution in [3.05, 3.63) is 23.8 Å². The normalized spacial score (nSPS) is 10.8. The molecule has 28 heavy (non-hydrogen) atoms. The number of hydrogen-bond acceptors (Lipinski definition) is 3. The summed E-state index contributed by atoms with van der Waals surface area (Å²) in [7, 11) is 1.47. The second-order valence-electron chi connectivity index (χ2n) is 7.58. The van der Waals surface area contributed by atoms with Gasteiger partial charge in [0.1, 0.15) is 17.1 Å². The molecule has 1 rings (SSSR count). The van der Waals surface area contributed by atoms with Crippen molar-refractivity contribution < 1.29 is 19.4 Å². The number of carboxylic acid groups (broad SMARTS) is 1. The predicted octanol–water partition coefficient (Wildman–Crippen LogP) is 7.25. The zero-order valence-electron chi connectivity index (χ0n) is 18.0. The fourth-order valence-corrected chi connectivity index (χ4v) is 3.49. The third-order valence-corrected chi connectivity index (χ3v) is 5.18. The van der Waals surface area contributed by atoms with Crippen molar-refractivity contribution in [1.82, 2.24) is 0 Å². The van der Waals surface area contributed by atoms with Gasteiger partial charge in [0.05, 0.1) is 13.7 Å². The van der Waals surface area contributed by atoms with Crippen LogP contribution in [0, 0.1) is 0 Å². The Balaban J connectivity index is 1.99. The summed E-state index contributed by atoms with van der Waals surface area (Å²) in [6, 6.07) is 5.09. The van der Waals surface area contributed by atoms with Crippen LogP contribution in [0.25, 0.3) is 0 Å². The van der Waals surface area contributed by atoms with Crippen LogP contribution in [0.1, 0.15) is 107 Å². The number of rotatable bonds is 18. The van der Waals surface area contributed by atoms with E-state index in [2.05, 4.69) is 6.92 Å². The van der Waals surface area contributed by atoms with E-state index >= 15 is 0 Å². The Hall–Kier alpha value is -1.71. The van der Waals surface area contributed by atoms with Crippen molar-refractivity contribution in [2.24, 2.45) is 0 Å². The summed E-state index contributed by atoms with van der Waals surface area (Å²) < 4.78 is 10.8. The Labute approximate surface area is 171 Å². The highest BCUT2D eigenvalue weighted by atomic mass is 16.5. The maximum atomic E-state index is 11.4.